The lowest BCUT2D eigenvalue weighted by Crippen LogP contribution is -2.48. The van der Waals surface area contributed by atoms with Crippen LogP contribution < -0.4 is 5.32 Å². The second-order valence-electron chi connectivity index (χ2n) is 6.96. The van der Waals surface area contributed by atoms with E-state index in [1.54, 1.807) is 0 Å². The van der Waals surface area contributed by atoms with Gasteiger partial charge in [0.15, 0.2) is 0 Å². The quantitative estimate of drug-likeness (QED) is 0.824. The van der Waals surface area contributed by atoms with Crippen LogP contribution in [0.15, 0.2) is 54.6 Å². The van der Waals surface area contributed by atoms with E-state index >= 15 is 0 Å². The van der Waals surface area contributed by atoms with Crippen molar-refractivity contribution in [3.8, 4) is 0 Å². The van der Waals surface area contributed by atoms with E-state index in [0.717, 1.165) is 19.3 Å². The molecule has 3 heteroatoms. The molecule has 1 aliphatic rings. The fourth-order valence-corrected chi connectivity index (χ4v) is 3.35. The number of carbonyl (C=O) groups excluding carboxylic acids is 1. The van der Waals surface area contributed by atoms with E-state index in [9.17, 15) is 4.79 Å². The van der Waals surface area contributed by atoms with Crippen LogP contribution in [0.5, 0.6) is 0 Å². The predicted molar refractivity (Wildman–Crippen MR) is 95.7 cm³/mol. The zero-order chi connectivity index (χ0) is 17.0. The number of ether oxygens (including phenoxy) is 1. The van der Waals surface area contributed by atoms with Crippen LogP contribution >= 0.6 is 0 Å². The summed E-state index contributed by atoms with van der Waals surface area (Å²) in [7, 11) is 0. The molecular formula is C21H25NO2. The molecule has 3 nitrogen and oxygen atoms in total. The Bertz CT molecular complexity index is 669. The maximum Gasteiger partial charge on any atom is 0.222 e. The highest BCUT2D eigenvalue weighted by Gasteiger charge is 2.29. The van der Waals surface area contributed by atoms with Crippen LogP contribution in [0.25, 0.3) is 0 Å². The van der Waals surface area contributed by atoms with Gasteiger partial charge in [-0.05, 0) is 49.8 Å². The van der Waals surface area contributed by atoms with Crippen molar-refractivity contribution in [3.05, 3.63) is 71.3 Å². The smallest absolute Gasteiger partial charge is 0.222 e. The Balaban J connectivity index is 1.48. The maximum absolute atomic E-state index is 12.2. The molecule has 3 rings (SSSR count). The molecule has 1 amide bonds. The van der Waals surface area contributed by atoms with Gasteiger partial charge in [-0.3, -0.25) is 4.79 Å². The minimum Gasteiger partial charge on any atom is -0.352 e. The molecule has 24 heavy (non-hydrogen) atoms. The van der Waals surface area contributed by atoms with E-state index in [4.69, 9.17) is 4.74 Å². The number of fused-ring (bicyclic) bond motifs is 1. The molecule has 0 spiro atoms. The van der Waals surface area contributed by atoms with Crippen LogP contribution in [-0.4, -0.2) is 17.7 Å². The number of carbonyl (C=O) groups is 1. The summed E-state index contributed by atoms with van der Waals surface area (Å²) < 4.78 is 6.17. The average molecular weight is 323 g/mol. The predicted octanol–water partition coefficient (Wildman–Crippen LogP) is 3.66. The number of hydrogen-bond acceptors (Lipinski definition) is 2. The summed E-state index contributed by atoms with van der Waals surface area (Å²) in [6, 6.07) is 18.5. The van der Waals surface area contributed by atoms with Gasteiger partial charge in [0, 0.05) is 6.42 Å². The Morgan fingerprint density at radius 3 is 2.25 bits per heavy atom. The van der Waals surface area contributed by atoms with E-state index in [1.807, 2.05) is 44.2 Å². The molecule has 0 aliphatic heterocycles. The largest absolute Gasteiger partial charge is 0.352 e. The highest BCUT2D eigenvalue weighted by atomic mass is 16.5. The van der Waals surface area contributed by atoms with Crippen molar-refractivity contribution in [2.75, 3.05) is 0 Å². The van der Waals surface area contributed by atoms with E-state index in [2.05, 4.69) is 29.6 Å². The first-order chi connectivity index (χ1) is 11.5. The highest BCUT2D eigenvalue weighted by molar-refractivity contribution is 5.76. The van der Waals surface area contributed by atoms with Crippen molar-refractivity contribution in [2.45, 2.75) is 51.4 Å². The molecule has 0 radical (unpaired) electrons. The molecule has 0 saturated carbocycles. The van der Waals surface area contributed by atoms with Crippen LogP contribution in [0.4, 0.5) is 0 Å². The second kappa shape index (κ2) is 7.18. The fourth-order valence-electron chi connectivity index (χ4n) is 3.35. The average Bonchev–Trinajstić information content (AvgIpc) is 2.94. The number of aryl methyl sites for hydroxylation is 1. The standard InChI is InChI=1S/C21H25NO2/c1-21(2,22-20(23)13-12-16-8-4-3-5-9-16)24-19-14-17-10-6-7-11-18(17)15-19/h3-11,19H,12-15H2,1-2H3,(H,22,23). The normalized spacial score (nSPS) is 14.4. The van der Waals surface area contributed by atoms with Gasteiger partial charge in [-0.1, -0.05) is 54.6 Å². The van der Waals surface area contributed by atoms with Gasteiger partial charge in [0.05, 0.1) is 6.10 Å². The summed E-state index contributed by atoms with van der Waals surface area (Å²) in [5.41, 5.74) is 3.24. The molecular weight excluding hydrogens is 298 g/mol. The highest BCUT2D eigenvalue weighted by Crippen LogP contribution is 2.26. The Kier molecular flexibility index (Phi) is 5.00. The summed E-state index contributed by atoms with van der Waals surface area (Å²) in [6.45, 7) is 3.85. The van der Waals surface area contributed by atoms with Crippen molar-refractivity contribution in [3.63, 3.8) is 0 Å². The molecule has 0 unspecified atom stereocenters. The number of hydrogen-bond donors (Lipinski definition) is 1. The van der Waals surface area contributed by atoms with Crippen molar-refractivity contribution >= 4 is 5.91 Å². The van der Waals surface area contributed by atoms with Gasteiger partial charge < -0.3 is 10.1 Å². The SMILES string of the molecule is CC(C)(NC(=O)CCc1ccccc1)OC1Cc2ccccc2C1. The van der Waals surface area contributed by atoms with Crippen molar-refractivity contribution in [1.29, 1.82) is 0 Å². The first-order valence-electron chi connectivity index (χ1n) is 8.61. The summed E-state index contributed by atoms with van der Waals surface area (Å²) in [5.74, 6) is 0.0272. The van der Waals surface area contributed by atoms with Crippen LogP contribution in [0.2, 0.25) is 0 Å². The molecule has 1 aliphatic carbocycles. The lowest BCUT2D eigenvalue weighted by molar-refractivity contribution is -0.136. The number of rotatable bonds is 6. The van der Waals surface area contributed by atoms with Crippen molar-refractivity contribution in [1.82, 2.24) is 5.32 Å². The van der Waals surface area contributed by atoms with Crippen molar-refractivity contribution < 1.29 is 9.53 Å². The molecule has 0 bridgehead atoms. The molecule has 0 saturated heterocycles. The molecule has 0 fully saturated rings. The van der Waals surface area contributed by atoms with Crippen LogP contribution in [0, 0.1) is 0 Å². The van der Waals surface area contributed by atoms with Crippen LogP contribution in [0.3, 0.4) is 0 Å². The second-order valence-corrected chi connectivity index (χ2v) is 6.96. The first kappa shape index (κ1) is 16.7. The third-order valence-corrected chi connectivity index (χ3v) is 4.40. The lowest BCUT2D eigenvalue weighted by Gasteiger charge is -2.30. The van der Waals surface area contributed by atoms with Crippen molar-refractivity contribution in [2.24, 2.45) is 0 Å². The third-order valence-electron chi connectivity index (χ3n) is 4.40. The Labute approximate surface area is 144 Å². The van der Waals surface area contributed by atoms with Gasteiger partial charge in [0.1, 0.15) is 5.72 Å². The topological polar surface area (TPSA) is 38.3 Å². The summed E-state index contributed by atoms with van der Waals surface area (Å²) >= 11 is 0. The number of benzene rings is 2. The number of amides is 1. The van der Waals surface area contributed by atoms with Gasteiger partial charge >= 0.3 is 0 Å². The van der Waals surface area contributed by atoms with E-state index in [-0.39, 0.29) is 12.0 Å². The van der Waals surface area contributed by atoms with Crippen LogP contribution in [0.1, 0.15) is 37.0 Å². The molecule has 0 aromatic heterocycles. The van der Waals surface area contributed by atoms with E-state index in [0.29, 0.717) is 6.42 Å². The molecule has 2 aromatic carbocycles. The summed E-state index contributed by atoms with van der Waals surface area (Å²) in [5, 5.41) is 3.02. The monoisotopic (exact) mass is 323 g/mol. The zero-order valence-corrected chi connectivity index (χ0v) is 14.4. The van der Waals surface area contributed by atoms with Gasteiger partial charge in [-0.25, -0.2) is 0 Å². The van der Waals surface area contributed by atoms with Gasteiger partial charge in [-0.15, -0.1) is 0 Å². The molecule has 2 aromatic rings. The van der Waals surface area contributed by atoms with E-state index < -0.39 is 5.72 Å². The lowest BCUT2D eigenvalue weighted by atomic mass is 10.1. The van der Waals surface area contributed by atoms with Gasteiger partial charge in [-0.2, -0.15) is 0 Å². The first-order valence-corrected chi connectivity index (χ1v) is 8.61. The Morgan fingerprint density at radius 2 is 1.62 bits per heavy atom. The molecule has 1 N–H and O–H groups in total. The molecule has 0 atom stereocenters. The Hall–Kier alpha value is -2.13. The van der Waals surface area contributed by atoms with Gasteiger partial charge in [0.25, 0.3) is 0 Å². The fraction of sp³-hybridized carbons (Fsp3) is 0.381. The van der Waals surface area contributed by atoms with Crippen LogP contribution in [-0.2, 0) is 28.8 Å². The Morgan fingerprint density at radius 1 is 1.04 bits per heavy atom. The zero-order valence-electron chi connectivity index (χ0n) is 14.4. The number of nitrogens with one attached hydrogen (secondary N) is 1. The van der Waals surface area contributed by atoms with Gasteiger partial charge in [0.2, 0.25) is 5.91 Å². The molecule has 126 valence electrons. The molecule has 0 heterocycles. The minimum absolute atomic E-state index is 0.0272. The maximum atomic E-state index is 12.2. The van der Waals surface area contributed by atoms with E-state index in [1.165, 1.54) is 16.7 Å². The summed E-state index contributed by atoms with van der Waals surface area (Å²) in [6.07, 6.45) is 3.19. The minimum atomic E-state index is -0.652. The third kappa shape index (κ3) is 4.45. The summed E-state index contributed by atoms with van der Waals surface area (Å²) in [4.78, 5) is 12.2.